The van der Waals surface area contributed by atoms with E-state index >= 15 is 0 Å². The first-order valence-electron chi connectivity index (χ1n) is 9.37. The minimum atomic E-state index is -3.03. The van der Waals surface area contributed by atoms with Crippen LogP contribution in [0.25, 0.3) is 6.08 Å². The van der Waals surface area contributed by atoms with Crippen LogP contribution in [0.1, 0.15) is 23.7 Å². The number of morpholine rings is 1. The number of alkyl halides is 2. The normalized spacial score (nSPS) is 19.4. The van der Waals surface area contributed by atoms with E-state index in [0.717, 1.165) is 0 Å². The van der Waals surface area contributed by atoms with Gasteiger partial charge >= 0.3 is 12.6 Å². The Kier molecular flexibility index (Phi) is 6.93. The molecule has 2 aliphatic heterocycles. The van der Waals surface area contributed by atoms with Gasteiger partial charge in [0, 0.05) is 32.6 Å². The van der Waals surface area contributed by atoms with E-state index < -0.39 is 35.7 Å². The Bertz CT molecular complexity index is 927. The maximum atomic E-state index is 13.0. The molecule has 0 saturated carbocycles. The number of hydrogen-bond acceptors (Lipinski definition) is 8. The number of pyridine rings is 1. The number of halogens is 2. The van der Waals surface area contributed by atoms with E-state index in [1.54, 1.807) is 6.92 Å². The van der Waals surface area contributed by atoms with Gasteiger partial charge in [-0.1, -0.05) is 6.08 Å². The quantitative estimate of drug-likeness (QED) is 0.595. The molecule has 1 saturated heterocycles. The van der Waals surface area contributed by atoms with E-state index in [2.05, 4.69) is 14.6 Å². The number of carbonyl (C=O) groups excluding carboxylic acids is 1. The Morgan fingerprint density at radius 2 is 2.10 bits per heavy atom. The average molecular weight is 415 g/mol. The predicted molar refractivity (Wildman–Crippen MR) is 96.3 cm³/mol. The summed E-state index contributed by atoms with van der Waals surface area (Å²) in [5, 5.41) is 10.6. The number of aromatic nitrogens is 1. The van der Waals surface area contributed by atoms with Crippen molar-refractivity contribution in [2.75, 3.05) is 39.5 Å². The first-order valence-corrected chi connectivity index (χ1v) is 9.37. The van der Waals surface area contributed by atoms with Crippen LogP contribution >= 0.6 is 0 Å². The number of rotatable bonds is 7. The summed E-state index contributed by atoms with van der Waals surface area (Å²) in [5.74, 6) is -1.51. The van der Waals surface area contributed by atoms with Gasteiger partial charge in [-0.25, -0.2) is 9.79 Å². The van der Waals surface area contributed by atoms with Gasteiger partial charge in [-0.05, 0) is 6.92 Å². The molecular formula is C18H23F2N3O6. The van der Waals surface area contributed by atoms with Gasteiger partial charge < -0.3 is 14.6 Å². The van der Waals surface area contributed by atoms with Crippen molar-refractivity contribution in [2.45, 2.75) is 32.7 Å². The van der Waals surface area contributed by atoms with Crippen molar-refractivity contribution in [1.82, 2.24) is 9.47 Å². The van der Waals surface area contributed by atoms with Crippen LogP contribution in [0.4, 0.5) is 8.78 Å². The van der Waals surface area contributed by atoms with Gasteiger partial charge in [-0.15, -0.1) is 0 Å². The smallest absolute Gasteiger partial charge is 0.347 e. The summed E-state index contributed by atoms with van der Waals surface area (Å²) in [4.78, 5) is 31.4. The zero-order chi connectivity index (χ0) is 21.0. The van der Waals surface area contributed by atoms with Gasteiger partial charge in [0.05, 0.1) is 25.0 Å². The molecular weight excluding hydrogens is 392 g/mol. The minimum absolute atomic E-state index is 0.00529. The number of aromatic hydroxyl groups is 1. The highest BCUT2D eigenvalue weighted by atomic mass is 19.3. The average Bonchev–Trinajstić information content (AvgIpc) is 2.68. The Hall–Kier alpha value is -2.37. The SMILES string of the molecule is CCOC(=O)c1c(O)c2c(n(CCN3CCOCC3)c1=O)=NC(OC(F)F)CC=2. The number of carbonyl (C=O) groups is 1. The summed E-state index contributed by atoms with van der Waals surface area (Å²) in [5.41, 5.74) is -1.28. The van der Waals surface area contributed by atoms with Crippen LogP contribution < -0.4 is 16.3 Å². The monoisotopic (exact) mass is 415 g/mol. The topological polar surface area (TPSA) is 103 Å². The molecule has 9 nitrogen and oxygen atoms in total. The number of ether oxygens (including phenoxy) is 3. The molecule has 1 unspecified atom stereocenters. The largest absolute Gasteiger partial charge is 0.506 e. The van der Waals surface area contributed by atoms with Gasteiger partial charge in [0.1, 0.15) is 11.2 Å². The highest BCUT2D eigenvalue weighted by molar-refractivity contribution is 5.92. The van der Waals surface area contributed by atoms with Crippen LogP contribution in [0.2, 0.25) is 0 Å². The second kappa shape index (κ2) is 9.42. The maximum absolute atomic E-state index is 13.0. The molecule has 0 aromatic carbocycles. The highest BCUT2D eigenvalue weighted by Crippen LogP contribution is 2.13. The fourth-order valence-corrected chi connectivity index (χ4v) is 3.32. The molecule has 3 heterocycles. The molecule has 160 valence electrons. The number of fused-ring (bicyclic) bond motifs is 1. The van der Waals surface area contributed by atoms with E-state index in [4.69, 9.17) is 9.47 Å². The third-order valence-corrected chi connectivity index (χ3v) is 4.72. The van der Waals surface area contributed by atoms with Crippen LogP contribution in [0.5, 0.6) is 5.75 Å². The molecule has 1 atom stereocenters. The molecule has 11 heteroatoms. The minimum Gasteiger partial charge on any atom is -0.506 e. The second-order valence-electron chi connectivity index (χ2n) is 6.51. The molecule has 1 aromatic rings. The summed E-state index contributed by atoms with van der Waals surface area (Å²) in [6.07, 6.45) is 0.205. The number of nitrogens with zero attached hydrogens (tertiary/aromatic N) is 3. The molecule has 2 aliphatic rings. The maximum Gasteiger partial charge on any atom is 0.347 e. The van der Waals surface area contributed by atoms with Crippen molar-refractivity contribution >= 4 is 12.0 Å². The lowest BCUT2D eigenvalue weighted by atomic mass is 10.1. The molecule has 1 fully saturated rings. The van der Waals surface area contributed by atoms with Crippen molar-refractivity contribution in [3.63, 3.8) is 0 Å². The van der Waals surface area contributed by atoms with Gasteiger partial charge in [0.25, 0.3) is 5.56 Å². The lowest BCUT2D eigenvalue weighted by Crippen LogP contribution is -2.50. The zero-order valence-corrected chi connectivity index (χ0v) is 16.0. The number of esters is 1. The van der Waals surface area contributed by atoms with E-state index in [1.807, 2.05) is 0 Å². The lowest BCUT2D eigenvalue weighted by Gasteiger charge is -2.27. The molecule has 1 N–H and O–H groups in total. The Balaban J connectivity index is 2.06. The fraction of sp³-hybridized carbons (Fsp3) is 0.611. The van der Waals surface area contributed by atoms with Crippen LogP contribution in [0.15, 0.2) is 9.79 Å². The van der Waals surface area contributed by atoms with Crippen molar-refractivity contribution in [2.24, 2.45) is 4.99 Å². The van der Waals surface area contributed by atoms with Crippen LogP contribution in [-0.2, 0) is 20.8 Å². The Morgan fingerprint density at radius 1 is 1.38 bits per heavy atom. The van der Waals surface area contributed by atoms with Crippen molar-refractivity contribution in [1.29, 1.82) is 0 Å². The molecule has 3 rings (SSSR count). The summed E-state index contributed by atoms with van der Waals surface area (Å²) >= 11 is 0. The van der Waals surface area contributed by atoms with Crippen LogP contribution in [-0.4, -0.2) is 72.8 Å². The standard InChI is InChI=1S/C18H23F2N3O6/c1-2-28-17(26)13-14(24)11-3-4-12(29-18(19)20)21-15(11)23(16(13)25)6-5-22-7-9-27-10-8-22/h3,12,18,24H,2,4-10H2,1H3. The van der Waals surface area contributed by atoms with Gasteiger partial charge in [-0.3, -0.25) is 19.0 Å². The van der Waals surface area contributed by atoms with Gasteiger partial charge in [0.2, 0.25) is 0 Å². The van der Waals surface area contributed by atoms with Crippen LogP contribution in [0.3, 0.4) is 0 Å². The lowest BCUT2D eigenvalue weighted by molar-refractivity contribution is -0.159. The van der Waals surface area contributed by atoms with E-state index in [9.17, 15) is 23.5 Å². The summed E-state index contributed by atoms with van der Waals surface area (Å²) in [7, 11) is 0. The zero-order valence-electron chi connectivity index (χ0n) is 16.0. The molecule has 0 bridgehead atoms. The van der Waals surface area contributed by atoms with Gasteiger partial charge in [0.15, 0.2) is 11.8 Å². The van der Waals surface area contributed by atoms with E-state index in [-0.39, 0.29) is 30.3 Å². The first-order chi connectivity index (χ1) is 13.9. The van der Waals surface area contributed by atoms with Crippen molar-refractivity contribution in [3.05, 3.63) is 26.6 Å². The Labute approximate surface area is 164 Å². The predicted octanol–water partition coefficient (Wildman–Crippen LogP) is -0.568. The fourth-order valence-electron chi connectivity index (χ4n) is 3.32. The molecule has 0 spiro atoms. The van der Waals surface area contributed by atoms with E-state index in [1.165, 1.54) is 10.6 Å². The summed E-state index contributed by atoms with van der Waals surface area (Å²) < 4.78 is 41.1. The molecule has 0 amide bonds. The van der Waals surface area contributed by atoms with E-state index in [0.29, 0.717) is 32.8 Å². The van der Waals surface area contributed by atoms with Gasteiger partial charge in [-0.2, -0.15) is 8.78 Å². The number of hydrogen-bond donors (Lipinski definition) is 1. The second-order valence-corrected chi connectivity index (χ2v) is 6.51. The summed E-state index contributed by atoms with van der Waals surface area (Å²) in [6, 6.07) is 0. The first kappa shape index (κ1) is 21.3. The third kappa shape index (κ3) is 4.80. The molecule has 0 radical (unpaired) electrons. The van der Waals surface area contributed by atoms with Crippen molar-refractivity contribution in [3.8, 4) is 5.75 Å². The molecule has 1 aromatic heterocycles. The van der Waals surface area contributed by atoms with Crippen molar-refractivity contribution < 1.29 is 32.9 Å². The summed E-state index contributed by atoms with van der Waals surface area (Å²) in [6.45, 7) is 1.68. The third-order valence-electron chi connectivity index (χ3n) is 4.72. The molecule has 29 heavy (non-hydrogen) atoms. The van der Waals surface area contributed by atoms with Crippen LogP contribution in [0, 0.1) is 0 Å². The molecule has 0 aliphatic carbocycles. The Morgan fingerprint density at radius 3 is 2.76 bits per heavy atom. The highest BCUT2D eigenvalue weighted by Gasteiger charge is 2.26.